The molecule has 2 atom stereocenters. The second-order valence-electron chi connectivity index (χ2n) is 12.2. The number of amides is 5. The average Bonchev–Trinajstić information content (AvgIpc) is 3.38. The number of fused-ring (bicyclic) bond motifs is 3. The normalized spacial score (nSPS) is 13.3. The van der Waals surface area contributed by atoms with Gasteiger partial charge in [-0.1, -0.05) is 62.4 Å². The van der Waals surface area contributed by atoms with Crippen molar-refractivity contribution in [2.45, 2.75) is 77.5 Å². The number of urea groups is 1. The number of benzene rings is 2. The van der Waals surface area contributed by atoms with Gasteiger partial charge in [0.25, 0.3) is 5.91 Å². The van der Waals surface area contributed by atoms with Crippen molar-refractivity contribution in [1.82, 2.24) is 16.0 Å². The van der Waals surface area contributed by atoms with E-state index in [0.717, 1.165) is 22.3 Å². The zero-order valence-electron chi connectivity index (χ0n) is 28.5. The molecule has 0 aromatic heterocycles. The summed E-state index contributed by atoms with van der Waals surface area (Å²) in [4.78, 5) is 82.5. The summed E-state index contributed by atoms with van der Waals surface area (Å²) >= 11 is 0. The Kier molecular flexibility index (Phi) is 14.5. The van der Waals surface area contributed by atoms with E-state index in [4.69, 9.17) is 20.7 Å². The summed E-state index contributed by atoms with van der Waals surface area (Å²) in [5.74, 6) is -3.83. The lowest BCUT2D eigenvalue weighted by Gasteiger charge is -2.24. The van der Waals surface area contributed by atoms with Gasteiger partial charge in [0.2, 0.25) is 11.7 Å². The summed E-state index contributed by atoms with van der Waals surface area (Å²) in [7, 11) is 0. The predicted molar refractivity (Wildman–Crippen MR) is 183 cm³/mol. The number of nitrogens with zero attached hydrogens (tertiary/aromatic N) is 3. The number of esters is 1. The van der Waals surface area contributed by atoms with Gasteiger partial charge in [-0.25, -0.2) is 14.4 Å². The minimum atomic E-state index is -1.29. The highest BCUT2D eigenvalue weighted by Crippen LogP contribution is 2.44. The van der Waals surface area contributed by atoms with Crippen molar-refractivity contribution in [3.05, 3.63) is 65.2 Å². The number of hydrogen-bond acceptors (Lipinski definition) is 8. The third kappa shape index (κ3) is 11.2. The molecule has 0 aliphatic heterocycles. The lowest BCUT2D eigenvalue weighted by molar-refractivity contribution is -0.152. The molecular weight excluding hydrogens is 646 g/mol. The number of carbonyl (C=O) groups excluding carboxylic acids is 6. The van der Waals surface area contributed by atoms with Crippen LogP contribution in [0.3, 0.4) is 0 Å². The van der Waals surface area contributed by atoms with Crippen molar-refractivity contribution >= 4 is 47.6 Å². The number of primary amides is 1. The Bertz CT molecular complexity index is 1620. The van der Waals surface area contributed by atoms with E-state index in [0.29, 0.717) is 6.21 Å². The summed E-state index contributed by atoms with van der Waals surface area (Å²) in [6, 6.07) is 12.3. The van der Waals surface area contributed by atoms with Crippen LogP contribution in [0, 0.1) is 5.92 Å². The summed E-state index contributed by atoms with van der Waals surface area (Å²) in [5.41, 5.74) is 17.7. The molecule has 0 fully saturated rings. The maximum absolute atomic E-state index is 13.5. The molecule has 1 aliphatic carbocycles. The van der Waals surface area contributed by atoms with Crippen molar-refractivity contribution in [3.8, 4) is 11.1 Å². The summed E-state index contributed by atoms with van der Waals surface area (Å²) < 4.78 is 10.8. The molecule has 0 radical (unpaired) electrons. The second-order valence-corrected chi connectivity index (χ2v) is 12.2. The fraction of sp³-hybridized carbons (Fsp3) is 0.429. The van der Waals surface area contributed by atoms with Crippen LogP contribution < -0.4 is 21.7 Å². The SMILES string of the molecule is CC(C)OC(=O)C(CCC(=O)C=[N+]=[N-])NC(=O)C(CCCNC(N)=O)NC(=O)C(=NC(=O)OCC1c2ccccc2-c2ccccc21)C(C)C. The minimum absolute atomic E-state index is 0.0121. The Morgan fingerprint density at radius 1 is 0.920 bits per heavy atom. The highest BCUT2D eigenvalue weighted by Gasteiger charge is 2.32. The molecule has 2 aromatic carbocycles. The molecule has 0 saturated heterocycles. The first-order chi connectivity index (χ1) is 23.8. The van der Waals surface area contributed by atoms with Gasteiger partial charge >= 0.3 is 24.3 Å². The molecule has 0 saturated carbocycles. The van der Waals surface area contributed by atoms with Crippen LogP contribution in [0.2, 0.25) is 0 Å². The van der Waals surface area contributed by atoms with E-state index in [1.54, 1.807) is 27.7 Å². The van der Waals surface area contributed by atoms with Gasteiger partial charge in [0.15, 0.2) is 0 Å². The number of ether oxygens (including phenoxy) is 2. The number of rotatable bonds is 17. The molecule has 3 rings (SSSR count). The predicted octanol–water partition coefficient (Wildman–Crippen LogP) is 3.05. The van der Waals surface area contributed by atoms with Gasteiger partial charge in [-0.15, -0.1) is 0 Å². The van der Waals surface area contributed by atoms with E-state index in [-0.39, 0.29) is 50.5 Å². The Morgan fingerprint density at radius 3 is 2.10 bits per heavy atom. The number of Topliss-reactive ketones (excluding diaryl/α,β-unsaturated/α-hetero) is 1. The molecule has 50 heavy (non-hydrogen) atoms. The molecule has 5 N–H and O–H groups in total. The van der Waals surface area contributed by atoms with Gasteiger partial charge in [0.1, 0.15) is 24.4 Å². The Labute approximate surface area is 290 Å². The topological polar surface area (TPSA) is 232 Å². The number of carbonyl (C=O) groups is 6. The molecule has 0 spiro atoms. The molecule has 5 amide bonds. The Balaban J connectivity index is 1.77. The van der Waals surface area contributed by atoms with Gasteiger partial charge in [-0.3, -0.25) is 14.4 Å². The van der Waals surface area contributed by atoms with Crippen LogP contribution in [-0.2, 0) is 28.7 Å². The molecule has 1 aliphatic rings. The summed E-state index contributed by atoms with van der Waals surface area (Å²) in [6.07, 6.45) is -1.12. The van der Waals surface area contributed by atoms with Crippen molar-refractivity contribution in [2.75, 3.05) is 13.2 Å². The Morgan fingerprint density at radius 2 is 1.54 bits per heavy atom. The molecule has 0 bridgehead atoms. The monoisotopic (exact) mass is 689 g/mol. The molecule has 15 nitrogen and oxygen atoms in total. The lowest BCUT2D eigenvalue weighted by atomic mass is 9.98. The summed E-state index contributed by atoms with van der Waals surface area (Å²) in [5, 5.41) is 7.50. The van der Waals surface area contributed by atoms with E-state index in [2.05, 4.69) is 25.7 Å². The van der Waals surface area contributed by atoms with Crippen molar-refractivity contribution in [3.63, 3.8) is 0 Å². The van der Waals surface area contributed by atoms with E-state index in [9.17, 15) is 28.8 Å². The van der Waals surface area contributed by atoms with Crippen LogP contribution >= 0.6 is 0 Å². The van der Waals surface area contributed by atoms with Crippen LogP contribution in [0.15, 0.2) is 53.5 Å². The third-order valence-electron chi connectivity index (χ3n) is 7.75. The molecule has 266 valence electrons. The first-order valence-corrected chi connectivity index (χ1v) is 16.3. The smallest absolute Gasteiger partial charge is 0.434 e. The minimum Gasteiger partial charge on any atom is -0.461 e. The van der Waals surface area contributed by atoms with Crippen molar-refractivity contribution in [2.24, 2.45) is 16.6 Å². The fourth-order valence-corrected chi connectivity index (χ4v) is 5.44. The van der Waals surface area contributed by atoms with Gasteiger partial charge in [0, 0.05) is 24.8 Å². The van der Waals surface area contributed by atoms with E-state index >= 15 is 0 Å². The standard InChI is InChI=1S/C35H43N7O8/c1-20(2)30(42-35(48)49-19-27-25-12-7-5-10-23(25)24-11-6-8-13-26(24)27)32(45)40-28(14-9-17-38-34(36)47)31(44)41-29(33(46)50-21(3)4)16-15-22(43)18-39-37/h5-8,10-13,18,20-21,27-29H,9,14-17,19H2,1-4H3,(H,40,45)(H,41,44)(H3,36,38,47). The molecule has 0 heterocycles. The van der Waals surface area contributed by atoms with E-state index in [1.807, 2.05) is 48.5 Å². The van der Waals surface area contributed by atoms with E-state index in [1.165, 1.54) is 0 Å². The molecule has 2 unspecified atom stereocenters. The highest BCUT2D eigenvalue weighted by molar-refractivity contribution is 6.41. The number of nitrogens with two attached hydrogens (primary N) is 1. The van der Waals surface area contributed by atoms with E-state index < -0.39 is 59.8 Å². The fourth-order valence-electron chi connectivity index (χ4n) is 5.44. The van der Waals surface area contributed by atoms with Crippen molar-refractivity contribution < 1.29 is 43.0 Å². The first-order valence-electron chi connectivity index (χ1n) is 16.3. The van der Waals surface area contributed by atoms with Gasteiger partial charge < -0.3 is 36.7 Å². The van der Waals surface area contributed by atoms with Crippen LogP contribution in [0.4, 0.5) is 9.59 Å². The largest absolute Gasteiger partial charge is 0.461 e. The maximum atomic E-state index is 13.5. The molecule has 15 heteroatoms. The quantitative estimate of drug-likeness (QED) is 0.0632. The second kappa shape index (κ2) is 18.7. The van der Waals surface area contributed by atoms with Crippen LogP contribution in [0.5, 0.6) is 0 Å². The Hall–Kier alpha value is -5.69. The lowest BCUT2D eigenvalue weighted by Crippen LogP contribution is -2.53. The van der Waals surface area contributed by atoms with Gasteiger partial charge in [0.05, 0.1) is 6.10 Å². The van der Waals surface area contributed by atoms with Gasteiger partial charge in [-0.05, 0) is 55.4 Å². The number of ketones is 1. The molecular formula is C35H43N7O8. The van der Waals surface area contributed by atoms with Gasteiger partial charge in [-0.2, -0.15) is 9.78 Å². The summed E-state index contributed by atoms with van der Waals surface area (Å²) in [6.45, 7) is 6.57. The number of aliphatic imine (C=N–C) groups is 1. The average molecular weight is 690 g/mol. The zero-order valence-corrected chi connectivity index (χ0v) is 28.5. The highest BCUT2D eigenvalue weighted by atomic mass is 16.5. The number of nitrogens with one attached hydrogen (secondary N) is 3. The zero-order chi connectivity index (χ0) is 36.8. The van der Waals surface area contributed by atoms with Crippen LogP contribution in [-0.4, -0.2) is 83.7 Å². The maximum Gasteiger partial charge on any atom is 0.434 e. The molecule has 2 aromatic rings. The third-order valence-corrected chi connectivity index (χ3v) is 7.75. The van der Waals surface area contributed by atoms with Crippen LogP contribution in [0.25, 0.3) is 16.7 Å². The number of hydrogen-bond donors (Lipinski definition) is 4. The van der Waals surface area contributed by atoms with Crippen molar-refractivity contribution in [1.29, 1.82) is 0 Å². The van der Waals surface area contributed by atoms with Crippen LogP contribution in [0.1, 0.15) is 70.4 Å². The first kappa shape index (κ1) is 38.8.